The first-order valence-electron chi connectivity index (χ1n) is 4.78. The Hall–Kier alpha value is -1.03. The Kier molecular flexibility index (Phi) is 2.49. The van der Waals surface area contributed by atoms with Crippen molar-refractivity contribution in [3.05, 3.63) is 12.4 Å². The van der Waals surface area contributed by atoms with Crippen molar-refractivity contribution < 1.29 is 4.74 Å². The number of nitrogens with one attached hydrogen (secondary N) is 1. The highest BCUT2D eigenvalue weighted by atomic mass is 16.5. The van der Waals surface area contributed by atoms with Crippen LogP contribution in [0.3, 0.4) is 0 Å². The first kappa shape index (κ1) is 8.56. The Bertz CT molecular complexity index is 266. The molecular formula is C9H15N3O. The van der Waals surface area contributed by atoms with Crippen molar-refractivity contribution in [2.24, 2.45) is 0 Å². The highest BCUT2D eigenvalue weighted by Crippen LogP contribution is 2.13. The maximum atomic E-state index is 5.71. The predicted octanol–water partition coefficient (Wildman–Crippen LogP) is 0.644. The second kappa shape index (κ2) is 3.79. The van der Waals surface area contributed by atoms with Gasteiger partial charge in [-0.2, -0.15) is 5.10 Å². The number of rotatable bonds is 3. The van der Waals surface area contributed by atoms with Crippen molar-refractivity contribution in [3.8, 4) is 5.75 Å². The van der Waals surface area contributed by atoms with Gasteiger partial charge in [0.1, 0.15) is 6.10 Å². The third-order valence-electron chi connectivity index (χ3n) is 2.25. The molecule has 2 heterocycles. The molecule has 72 valence electrons. The topological polar surface area (TPSA) is 39.1 Å². The maximum absolute atomic E-state index is 5.71. The van der Waals surface area contributed by atoms with Crippen LogP contribution in [0, 0.1) is 0 Å². The second-order valence-electron chi connectivity index (χ2n) is 3.26. The molecule has 0 unspecified atom stereocenters. The molecule has 0 aromatic carbocycles. The van der Waals surface area contributed by atoms with Gasteiger partial charge in [0.25, 0.3) is 0 Å². The third kappa shape index (κ3) is 2.01. The fourth-order valence-corrected chi connectivity index (χ4v) is 1.50. The van der Waals surface area contributed by atoms with Crippen molar-refractivity contribution in [1.29, 1.82) is 0 Å². The van der Waals surface area contributed by atoms with E-state index in [2.05, 4.69) is 17.3 Å². The van der Waals surface area contributed by atoms with E-state index in [9.17, 15) is 0 Å². The fraction of sp³-hybridized carbons (Fsp3) is 0.667. The molecule has 1 N–H and O–H groups in total. The lowest BCUT2D eigenvalue weighted by atomic mass is 10.3. The van der Waals surface area contributed by atoms with Gasteiger partial charge in [0.05, 0.1) is 12.4 Å². The molecule has 1 fully saturated rings. The number of aromatic nitrogens is 2. The van der Waals surface area contributed by atoms with Crippen molar-refractivity contribution >= 4 is 0 Å². The van der Waals surface area contributed by atoms with Crippen LogP contribution in [0.4, 0.5) is 0 Å². The van der Waals surface area contributed by atoms with Gasteiger partial charge < -0.3 is 10.1 Å². The minimum Gasteiger partial charge on any atom is -0.486 e. The van der Waals surface area contributed by atoms with Gasteiger partial charge in [-0.15, -0.1) is 0 Å². The smallest absolute Gasteiger partial charge is 0.157 e. The van der Waals surface area contributed by atoms with Gasteiger partial charge in [0.15, 0.2) is 5.75 Å². The first-order valence-corrected chi connectivity index (χ1v) is 4.78. The lowest BCUT2D eigenvalue weighted by Gasteiger charge is -2.09. The number of aryl methyl sites for hydroxylation is 1. The van der Waals surface area contributed by atoms with E-state index in [-0.39, 0.29) is 0 Å². The van der Waals surface area contributed by atoms with E-state index in [4.69, 9.17) is 4.74 Å². The number of hydrogen-bond acceptors (Lipinski definition) is 3. The molecule has 1 aromatic heterocycles. The summed E-state index contributed by atoms with van der Waals surface area (Å²) in [6.45, 7) is 4.98. The Morgan fingerprint density at radius 3 is 3.31 bits per heavy atom. The van der Waals surface area contributed by atoms with Crippen LogP contribution in [-0.2, 0) is 6.54 Å². The SMILES string of the molecule is CCn1cc(O[C@@H]2CCNC2)cn1. The van der Waals surface area contributed by atoms with Gasteiger partial charge in [-0.1, -0.05) is 0 Å². The molecule has 4 nitrogen and oxygen atoms in total. The molecule has 0 aliphatic carbocycles. The molecule has 1 saturated heterocycles. The largest absolute Gasteiger partial charge is 0.486 e. The van der Waals surface area contributed by atoms with Gasteiger partial charge >= 0.3 is 0 Å². The average Bonchev–Trinajstić information content (AvgIpc) is 2.76. The zero-order valence-electron chi connectivity index (χ0n) is 7.86. The quantitative estimate of drug-likeness (QED) is 0.744. The molecule has 0 saturated carbocycles. The number of ether oxygens (including phenoxy) is 1. The molecule has 0 spiro atoms. The zero-order chi connectivity index (χ0) is 9.10. The minimum atomic E-state index is 0.328. The molecule has 4 heteroatoms. The second-order valence-corrected chi connectivity index (χ2v) is 3.26. The monoisotopic (exact) mass is 181 g/mol. The molecule has 1 atom stereocenters. The van der Waals surface area contributed by atoms with E-state index in [1.165, 1.54) is 0 Å². The van der Waals surface area contributed by atoms with Crippen molar-refractivity contribution in [2.75, 3.05) is 13.1 Å². The van der Waals surface area contributed by atoms with Crippen molar-refractivity contribution in [1.82, 2.24) is 15.1 Å². The fourth-order valence-electron chi connectivity index (χ4n) is 1.50. The summed E-state index contributed by atoms with van der Waals surface area (Å²) < 4.78 is 7.58. The Balaban J connectivity index is 1.92. The third-order valence-corrected chi connectivity index (χ3v) is 2.25. The summed E-state index contributed by atoms with van der Waals surface area (Å²) >= 11 is 0. The van der Waals surface area contributed by atoms with E-state index in [1.807, 2.05) is 10.9 Å². The van der Waals surface area contributed by atoms with Crippen LogP contribution < -0.4 is 10.1 Å². The van der Waals surface area contributed by atoms with Crippen LogP contribution in [0.2, 0.25) is 0 Å². The van der Waals surface area contributed by atoms with Gasteiger partial charge in [-0.3, -0.25) is 4.68 Å². The van der Waals surface area contributed by atoms with Gasteiger partial charge in [0.2, 0.25) is 0 Å². The summed E-state index contributed by atoms with van der Waals surface area (Å²) in [4.78, 5) is 0. The average molecular weight is 181 g/mol. The zero-order valence-corrected chi connectivity index (χ0v) is 7.86. The molecule has 1 aliphatic heterocycles. The van der Waals surface area contributed by atoms with E-state index < -0.39 is 0 Å². The maximum Gasteiger partial charge on any atom is 0.157 e. The molecular weight excluding hydrogens is 166 g/mol. The summed E-state index contributed by atoms with van der Waals surface area (Å²) in [5.41, 5.74) is 0. The van der Waals surface area contributed by atoms with E-state index in [1.54, 1.807) is 6.20 Å². The van der Waals surface area contributed by atoms with Crippen LogP contribution in [-0.4, -0.2) is 29.0 Å². The van der Waals surface area contributed by atoms with Gasteiger partial charge in [0, 0.05) is 13.1 Å². The molecule has 0 bridgehead atoms. The van der Waals surface area contributed by atoms with Crippen LogP contribution in [0.5, 0.6) is 5.75 Å². The lowest BCUT2D eigenvalue weighted by molar-refractivity contribution is 0.223. The Morgan fingerprint density at radius 1 is 1.77 bits per heavy atom. The molecule has 0 radical (unpaired) electrons. The van der Waals surface area contributed by atoms with E-state index >= 15 is 0 Å². The Morgan fingerprint density at radius 2 is 2.69 bits per heavy atom. The van der Waals surface area contributed by atoms with Gasteiger partial charge in [-0.25, -0.2) is 0 Å². The van der Waals surface area contributed by atoms with Crippen molar-refractivity contribution in [2.45, 2.75) is 26.0 Å². The van der Waals surface area contributed by atoms with Crippen LogP contribution in [0.1, 0.15) is 13.3 Å². The van der Waals surface area contributed by atoms with Crippen molar-refractivity contribution in [3.63, 3.8) is 0 Å². The molecule has 0 amide bonds. The standard InChI is InChI=1S/C9H15N3O/c1-2-12-7-9(6-11-12)13-8-3-4-10-5-8/h6-8,10H,2-5H2,1H3/t8-/m1/s1. The summed E-state index contributed by atoms with van der Waals surface area (Å²) in [6.07, 6.45) is 5.15. The van der Waals surface area contributed by atoms with Crippen LogP contribution >= 0.6 is 0 Å². The number of hydrogen-bond donors (Lipinski definition) is 1. The minimum absolute atomic E-state index is 0.328. The summed E-state index contributed by atoms with van der Waals surface area (Å²) in [7, 11) is 0. The highest BCUT2D eigenvalue weighted by Gasteiger charge is 2.16. The highest BCUT2D eigenvalue weighted by molar-refractivity contribution is 5.12. The van der Waals surface area contributed by atoms with Crippen LogP contribution in [0.15, 0.2) is 12.4 Å². The molecule has 2 rings (SSSR count). The first-order chi connectivity index (χ1) is 6.38. The molecule has 13 heavy (non-hydrogen) atoms. The Labute approximate surface area is 77.9 Å². The van der Waals surface area contributed by atoms with E-state index in [0.717, 1.165) is 31.8 Å². The van der Waals surface area contributed by atoms with E-state index in [0.29, 0.717) is 6.10 Å². The molecule has 1 aliphatic rings. The lowest BCUT2D eigenvalue weighted by Crippen LogP contribution is -2.19. The normalized spacial score (nSPS) is 22.1. The summed E-state index contributed by atoms with van der Waals surface area (Å²) in [6, 6.07) is 0. The summed E-state index contributed by atoms with van der Waals surface area (Å²) in [5.74, 6) is 0.885. The predicted molar refractivity (Wildman–Crippen MR) is 49.8 cm³/mol. The number of nitrogens with zero attached hydrogens (tertiary/aromatic N) is 2. The molecule has 1 aromatic rings. The summed E-state index contributed by atoms with van der Waals surface area (Å²) in [5, 5.41) is 7.41. The van der Waals surface area contributed by atoms with Gasteiger partial charge in [-0.05, 0) is 19.9 Å². The van der Waals surface area contributed by atoms with Crippen LogP contribution in [0.25, 0.3) is 0 Å².